The fourth-order valence-electron chi connectivity index (χ4n) is 5.48. The summed E-state index contributed by atoms with van der Waals surface area (Å²) in [6.07, 6.45) is 7.70. The molecule has 0 radical (unpaired) electrons. The van der Waals surface area contributed by atoms with Crippen molar-refractivity contribution in [3.05, 3.63) is 23.8 Å². The molecule has 0 amide bonds. The molecule has 1 fully saturated rings. The average molecular weight is 316 g/mol. The number of allylic oxidation sites excluding steroid dienone is 3. The Morgan fingerprint density at radius 3 is 2.57 bits per heavy atom. The number of aliphatic carboxylic acids is 1. The van der Waals surface area contributed by atoms with Crippen molar-refractivity contribution >= 4 is 11.8 Å². The molecule has 1 N–H and O–H groups in total. The molecule has 0 spiro atoms. The molecule has 0 saturated heterocycles. The normalized spacial score (nSPS) is 43.6. The molecular formula is C20H28O3. The van der Waals surface area contributed by atoms with Crippen LogP contribution in [0.3, 0.4) is 0 Å². The van der Waals surface area contributed by atoms with E-state index in [1.54, 1.807) is 0 Å². The van der Waals surface area contributed by atoms with Crippen LogP contribution >= 0.6 is 0 Å². The Kier molecular flexibility index (Phi) is 3.62. The zero-order valence-corrected chi connectivity index (χ0v) is 14.6. The SMILES string of the molecule is C=CC1(C)CCC2=C(C1)C(=O)CC1C(C)(C(=O)O)CCCC21C. The van der Waals surface area contributed by atoms with Crippen LogP contribution in [0.15, 0.2) is 23.8 Å². The topological polar surface area (TPSA) is 54.4 Å². The van der Waals surface area contributed by atoms with Gasteiger partial charge < -0.3 is 5.11 Å². The number of hydrogen-bond acceptors (Lipinski definition) is 2. The van der Waals surface area contributed by atoms with Gasteiger partial charge in [0.1, 0.15) is 0 Å². The highest BCUT2D eigenvalue weighted by molar-refractivity contribution is 5.98. The average Bonchev–Trinajstić information content (AvgIpc) is 2.50. The van der Waals surface area contributed by atoms with Crippen molar-refractivity contribution in [3.8, 4) is 0 Å². The summed E-state index contributed by atoms with van der Waals surface area (Å²) in [5, 5.41) is 9.81. The van der Waals surface area contributed by atoms with E-state index < -0.39 is 11.4 Å². The highest BCUT2D eigenvalue weighted by Crippen LogP contribution is 2.62. The molecular weight excluding hydrogens is 288 g/mol. The van der Waals surface area contributed by atoms with E-state index in [1.165, 1.54) is 5.57 Å². The molecule has 0 heterocycles. The van der Waals surface area contributed by atoms with Gasteiger partial charge in [0.05, 0.1) is 5.41 Å². The zero-order chi connectivity index (χ0) is 17.0. The first-order valence-corrected chi connectivity index (χ1v) is 8.79. The number of carboxylic acid groups (broad SMARTS) is 1. The Bertz CT molecular complexity index is 616. The largest absolute Gasteiger partial charge is 0.481 e. The minimum Gasteiger partial charge on any atom is -0.481 e. The molecule has 23 heavy (non-hydrogen) atoms. The summed E-state index contributed by atoms with van der Waals surface area (Å²) in [6, 6.07) is 0. The van der Waals surface area contributed by atoms with Gasteiger partial charge in [-0.2, -0.15) is 0 Å². The van der Waals surface area contributed by atoms with E-state index in [0.717, 1.165) is 37.7 Å². The lowest BCUT2D eigenvalue weighted by atomic mass is 9.47. The number of carbonyl (C=O) groups is 2. The Labute approximate surface area is 138 Å². The van der Waals surface area contributed by atoms with Crippen molar-refractivity contribution in [2.75, 3.05) is 0 Å². The maximum Gasteiger partial charge on any atom is 0.309 e. The van der Waals surface area contributed by atoms with Crippen LogP contribution in [0.25, 0.3) is 0 Å². The Hall–Kier alpha value is -1.38. The number of carboxylic acids is 1. The summed E-state index contributed by atoms with van der Waals surface area (Å²) in [5.74, 6) is -0.623. The number of fused-ring (bicyclic) bond motifs is 2. The minimum atomic E-state index is -0.777. The summed E-state index contributed by atoms with van der Waals surface area (Å²) < 4.78 is 0. The number of hydrogen-bond donors (Lipinski definition) is 1. The maximum absolute atomic E-state index is 12.9. The molecule has 3 heteroatoms. The fourth-order valence-corrected chi connectivity index (χ4v) is 5.48. The second kappa shape index (κ2) is 5.06. The zero-order valence-electron chi connectivity index (χ0n) is 14.6. The van der Waals surface area contributed by atoms with E-state index in [9.17, 15) is 14.7 Å². The van der Waals surface area contributed by atoms with E-state index in [-0.39, 0.29) is 22.5 Å². The lowest BCUT2D eigenvalue weighted by molar-refractivity contribution is -0.160. The number of ketones is 1. The van der Waals surface area contributed by atoms with Gasteiger partial charge in [0.15, 0.2) is 5.78 Å². The van der Waals surface area contributed by atoms with E-state index in [1.807, 2.05) is 13.0 Å². The van der Waals surface area contributed by atoms with Gasteiger partial charge in [-0.05, 0) is 61.3 Å². The quantitative estimate of drug-likeness (QED) is 0.762. The number of rotatable bonds is 2. The molecule has 4 unspecified atom stereocenters. The summed E-state index contributed by atoms with van der Waals surface area (Å²) in [6.45, 7) is 10.2. The summed E-state index contributed by atoms with van der Waals surface area (Å²) in [7, 11) is 0. The predicted molar refractivity (Wildman–Crippen MR) is 90.0 cm³/mol. The van der Waals surface area contributed by atoms with Crippen LogP contribution in [-0.2, 0) is 9.59 Å². The second-order valence-corrected chi connectivity index (χ2v) is 8.67. The van der Waals surface area contributed by atoms with E-state index in [2.05, 4.69) is 20.4 Å². The lowest BCUT2D eigenvalue weighted by Crippen LogP contribution is -2.53. The smallest absolute Gasteiger partial charge is 0.309 e. The first-order valence-electron chi connectivity index (χ1n) is 8.79. The Morgan fingerprint density at radius 1 is 1.26 bits per heavy atom. The van der Waals surface area contributed by atoms with Gasteiger partial charge in [-0.15, -0.1) is 6.58 Å². The molecule has 3 rings (SSSR count). The molecule has 0 aliphatic heterocycles. The third-order valence-corrected chi connectivity index (χ3v) is 7.22. The highest BCUT2D eigenvalue weighted by Gasteiger charge is 2.58. The standard InChI is InChI=1S/C20H28O3/c1-5-18(2)10-7-14-13(12-18)15(21)11-16-19(14,3)8-6-9-20(16,4)17(22)23/h5,16H,1,6-12H2,2-4H3,(H,22,23). The van der Waals surface area contributed by atoms with Crippen LogP contribution in [0.1, 0.15) is 65.7 Å². The molecule has 0 bridgehead atoms. The summed E-state index contributed by atoms with van der Waals surface area (Å²) in [4.78, 5) is 24.8. The van der Waals surface area contributed by atoms with Crippen molar-refractivity contribution < 1.29 is 14.7 Å². The van der Waals surface area contributed by atoms with Gasteiger partial charge in [0.2, 0.25) is 0 Å². The van der Waals surface area contributed by atoms with E-state index in [4.69, 9.17) is 0 Å². The second-order valence-electron chi connectivity index (χ2n) is 8.67. The van der Waals surface area contributed by atoms with Crippen LogP contribution in [0.5, 0.6) is 0 Å². The molecule has 3 aliphatic carbocycles. The first kappa shape index (κ1) is 16.5. The molecule has 4 atom stereocenters. The van der Waals surface area contributed by atoms with Crippen molar-refractivity contribution in [2.45, 2.75) is 65.7 Å². The molecule has 1 saturated carbocycles. The van der Waals surface area contributed by atoms with Crippen molar-refractivity contribution in [1.82, 2.24) is 0 Å². The minimum absolute atomic E-state index is 0.00244. The predicted octanol–water partition coefficient (Wildman–Crippen LogP) is 4.53. The first-order chi connectivity index (χ1) is 10.7. The fraction of sp³-hybridized carbons (Fsp3) is 0.700. The lowest BCUT2D eigenvalue weighted by Gasteiger charge is -2.55. The van der Waals surface area contributed by atoms with Gasteiger partial charge in [-0.3, -0.25) is 9.59 Å². The van der Waals surface area contributed by atoms with Crippen LogP contribution in [0.2, 0.25) is 0 Å². The van der Waals surface area contributed by atoms with Gasteiger partial charge in [-0.1, -0.05) is 31.9 Å². The van der Waals surface area contributed by atoms with Gasteiger partial charge in [0.25, 0.3) is 0 Å². The van der Waals surface area contributed by atoms with Crippen LogP contribution in [0, 0.1) is 22.2 Å². The summed E-state index contributed by atoms with van der Waals surface area (Å²) >= 11 is 0. The molecule has 126 valence electrons. The van der Waals surface area contributed by atoms with Gasteiger partial charge in [-0.25, -0.2) is 0 Å². The monoisotopic (exact) mass is 316 g/mol. The molecule has 3 aliphatic rings. The third kappa shape index (κ3) is 2.23. The molecule has 0 aromatic rings. The van der Waals surface area contributed by atoms with Crippen LogP contribution < -0.4 is 0 Å². The van der Waals surface area contributed by atoms with Crippen molar-refractivity contribution in [2.24, 2.45) is 22.2 Å². The number of Topliss-reactive ketones (excluding diaryl/α,β-unsaturated/α-hetero) is 1. The summed E-state index contributed by atoms with van der Waals surface area (Å²) in [5.41, 5.74) is 1.36. The van der Waals surface area contributed by atoms with E-state index in [0.29, 0.717) is 12.8 Å². The molecule has 0 aromatic carbocycles. The Morgan fingerprint density at radius 2 is 1.96 bits per heavy atom. The van der Waals surface area contributed by atoms with Crippen LogP contribution in [-0.4, -0.2) is 16.9 Å². The third-order valence-electron chi connectivity index (χ3n) is 7.22. The van der Waals surface area contributed by atoms with Crippen LogP contribution in [0.4, 0.5) is 0 Å². The Balaban J connectivity index is 2.09. The molecule has 0 aromatic heterocycles. The van der Waals surface area contributed by atoms with Gasteiger partial charge in [0, 0.05) is 6.42 Å². The van der Waals surface area contributed by atoms with Crippen molar-refractivity contribution in [1.29, 1.82) is 0 Å². The van der Waals surface area contributed by atoms with Gasteiger partial charge >= 0.3 is 5.97 Å². The van der Waals surface area contributed by atoms with Crippen molar-refractivity contribution in [3.63, 3.8) is 0 Å². The molecule has 3 nitrogen and oxygen atoms in total. The maximum atomic E-state index is 12.9. The number of carbonyl (C=O) groups excluding carboxylic acids is 1. The highest BCUT2D eigenvalue weighted by atomic mass is 16.4. The van der Waals surface area contributed by atoms with E-state index >= 15 is 0 Å².